The molecule has 1 aliphatic heterocycles. The van der Waals surface area contributed by atoms with Crippen molar-refractivity contribution in [2.24, 2.45) is 5.92 Å². The number of hydrazine groups is 1. The highest BCUT2D eigenvalue weighted by molar-refractivity contribution is 5.94. The maximum atomic E-state index is 14.0. The molecule has 8 nitrogen and oxygen atoms in total. The quantitative estimate of drug-likeness (QED) is 0.370. The van der Waals surface area contributed by atoms with Gasteiger partial charge in [-0.25, -0.2) is 0 Å². The Balaban J connectivity index is 1.66. The summed E-state index contributed by atoms with van der Waals surface area (Å²) >= 11 is 0. The number of rotatable bonds is 9. The Labute approximate surface area is 230 Å². The van der Waals surface area contributed by atoms with Crippen molar-refractivity contribution in [3.05, 3.63) is 96.1 Å². The molecule has 0 radical (unpaired) electrons. The Morgan fingerprint density at radius 1 is 0.821 bits per heavy atom. The van der Waals surface area contributed by atoms with Gasteiger partial charge in [-0.05, 0) is 55.3 Å². The molecule has 0 fully saturated rings. The molecule has 0 aliphatic carbocycles. The fourth-order valence-electron chi connectivity index (χ4n) is 4.71. The van der Waals surface area contributed by atoms with Gasteiger partial charge in [0.25, 0.3) is 5.91 Å². The predicted octanol–water partition coefficient (Wildman–Crippen LogP) is 3.56. The minimum atomic E-state index is -0.770. The summed E-state index contributed by atoms with van der Waals surface area (Å²) in [6.07, 6.45) is 0.372. The van der Waals surface area contributed by atoms with Crippen molar-refractivity contribution in [2.75, 3.05) is 12.1 Å². The maximum absolute atomic E-state index is 14.0. The largest absolute Gasteiger partial charge is 0.343 e. The molecule has 1 aliphatic rings. The molecule has 0 bridgehead atoms. The van der Waals surface area contributed by atoms with Crippen LogP contribution in [0.4, 0.5) is 11.4 Å². The van der Waals surface area contributed by atoms with Crippen molar-refractivity contribution in [2.45, 2.75) is 51.9 Å². The van der Waals surface area contributed by atoms with Gasteiger partial charge >= 0.3 is 0 Å². The fraction of sp³-hybridized carbons (Fsp3) is 0.323. The van der Waals surface area contributed by atoms with Crippen LogP contribution in [0.2, 0.25) is 0 Å². The Morgan fingerprint density at radius 3 is 1.90 bits per heavy atom. The third kappa shape index (κ3) is 6.46. The van der Waals surface area contributed by atoms with Crippen LogP contribution in [0.15, 0.2) is 84.9 Å². The lowest BCUT2D eigenvalue weighted by atomic mass is 9.91. The van der Waals surface area contributed by atoms with Crippen molar-refractivity contribution >= 4 is 29.1 Å². The summed E-state index contributed by atoms with van der Waals surface area (Å²) < 4.78 is 0. The average molecular weight is 528 g/mol. The second-order valence-electron chi connectivity index (χ2n) is 10.2. The Bertz CT molecular complexity index is 1240. The molecule has 8 heteroatoms. The topological polar surface area (TPSA) is 93.8 Å². The van der Waals surface area contributed by atoms with Crippen molar-refractivity contribution in [1.29, 1.82) is 0 Å². The van der Waals surface area contributed by atoms with Gasteiger partial charge in [0.15, 0.2) is 0 Å². The summed E-state index contributed by atoms with van der Waals surface area (Å²) in [7, 11) is 1.70. The van der Waals surface area contributed by atoms with Crippen LogP contribution in [-0.4, -0.2) is 47.8 Å². The van der Waals surface area contributed by atoms with Crippen molar-refractivity contribution in [3.63, 3.8) is 0 Å². The number of nitrogens with one attached hydrogen (secondary N) is 3. The zero-order valence-electron chi connectivity index (χ0n) is 22.9. The number of fused-ring (bicyclic) bond motifs is 1. The van der Waals surface area contributed by atoms with Crippen LogP contribution < -0.4 is 21.1 Å². The zero-order chi connectivity index (χ0) is 27.9. The lowest BCUT2D eigenvalue weighted by molar-refractivity contribution is -0.145. The summed E-state index contributed by atoms with van der Waals surface area (Å²) in [6, 6.07) is 25.0. The molecule has 0 saturated carbocycles. The SMILES string of the molecule is CNC(C)C(=O)NC(C(=O)N1Cc2ccccc2CC1C(=O)NN(c1ccccc1)c1ccccc1)C(C)C. The molecule has 0 aromatic heterocycles. The third-order valence-electron chi connectivity index (χ3n) is 7.14. The summed E-state index contributed by atoms with van der Waals surface area (Å²) in [5.74, 6) is -1.01. The molecule has 1 heterocycles. The number of likely N-dealkylation sites (N-methyl/N-ethyl adjacent to an activating group) is 1. The first-order valence-corrected chi connectivity index (χ1v) is 13.4. The van der Waals surface area contributed by atoms with E-state index in [0.29, 0.717) is 6.42 Å². The summed E-state index contributed by atoms with van der Waals surface area (Å²) in [5, 5.41) is 7.56. The second-order valence-corrected chi connectivity index (χ2v) is 10.2. The van der Waals surface area contributed by atoms with Gasteiger partial charge in [-0.3, -0.25) is 24.8 Å². The molecular weight excluding hydrogens is 490 g/mol. The van der Waals surface area contributed by atoms with E-state index in [1.807, 2.05) is 98.8 Å². The normalized spacial score (nSPS) is 16.1. The minimum Gasteiger partial charge on any atom is -0.343 e. The van der Waals surface area contributed by atoms with Crippen LogP contribution in [0.3, 0.4) is 0 Å². The van der Waals surface area contributed by atoms with Crippen molar-refractivity contribution < 1.29 is 14.4 Å². The molecule has 39 heavy (non-hydrogen) atoms. The van der Waals surface area contributed by atoms with Crippen LogP contribution in [0.5, 0.6) is 0 Å². The van der Waals surface area contributed by atoms with Crippen LogP contribution in [0.1, 0.15) is 31.9 Å². The van der Waals surface area contributed by atoms with E-state index in [-0.39, 0.29) is 30.2 Å². The molecule has 3 aromatic carbocycles. The first kappa shape index (κ1) is 27.9. The second kappa shape index (κ2) is 12.6. The van der Waals surface area contributed by atoms with E-state index in [1.54, 1.807) is 23.9 Å². The van der Waals surface area contributed by atoms with Crippen LogP contribution in [-0.2, 0) is 27.3 Å². The Hall–Kier alpha value is -4.17. The number of benzene rings is 3. The molecule has 0 saturated heterocycles. The smallest absolute Gasteiger partial charge is 0.261 e. The van der Waals surface area contributed by atoms with Crippen LogP contribution in [0, 0.1) is 5.92 Å². The summed E-state index contributed by atoms with van der Waals surface area (Å²) in [6.45, 7) is 5.82. The lowest BCUT2D eigenvalue weighted by Crippen LogP contribution is -2.61. The molecule has 3 unspecified atom stereocenters. The van der Waals surface area contributed by atoms with Gasteiger partial charge in [0, 0.05) is 13.0 Å². The Kier molecular flexibility index (Phi) is 8.99. The van der Waals surface area contributed by atoms with E-state index in [9.17, 15) is 14.4 Å². The number of para-hydroxylation sites is 2. The molecule has 3 atom stereocenters. The van der Waals surface area contributed by atoms with Crippen molar-refractivity contribution in [1.82, 2.24) is 21.0 Å². The molecule has 4 rings (SSSR count). The van der Waals surface area contributed by atoms with E-state index < -0.39 is 18.1 Å². The summed E-state index contributed by atoms with van der Waals surface area (Å²) in [4.78, 5) is 42.4. The molecule has 3 aromatic rings. The van der Waals surface area contributed by atoms with E-state index in [1.165, 1.54) is 0 Å². The van der Waals surface area contributed by atoms with Gasteiger partial charge in [0.2, 0.25) is 11.8 Å². The minimum absolute atomic E-state index is 0.170. The number of hydrogen-bond donors (Lipinski definition) is 3. The average Bonchev–Trinajstić information content (AvgIpc) is 2.97. The molecule has 0 spiro atoms. The number of anilines is 2. The highest BCUT2D eigenvalue weighted by Crippen LogP contribution is 2.27. The third-order valence-corrected chi connectivity index (χ3v) is 7.14. The fourth-order valence-corrected chi connectivity index (χ4v) is 4.71. The van der Waals surface area contributed by atoms with E-state index in [4.69, 9.17) is 0 Å². The van der Waals surface area contributed by atoms with Gasteiger partial charge in [-0.2, -0.15) is 0 Å². The van der Waals surface area contributed by atoms with E-state index in [0.717, 1.165) is 22.5 Å². The number of hydrogen-bond acceptors (Lipinski definition) is 5. The Morgan fingerprint density at radius 2 is 1.36 bits per heavy atom. The number of carbonyl (C=O) groups excluding carboxylic acids is 3. The van der Waals surface area contributed by atoms with Crippen LogP contribution in [0.25, 0.3) is 0 Å². The van der Waals surface area contributed by atoms with Crippen LogP contribution >= 0.6 is 0 Å². The van der Waals surface area contributed by atoms with E-state index in [2.05, 4.69) is 16.1 Å². The number of nitrogens with zero attached hydrogens (tertiary/aromatic N) is 2. The highest BCUT2D eigenvalue weighted by Gasteiger charge is 2.39. The van der Waals surface area contributed by atoms with Gasteiger partial charge in [0.05, 0.1) is 17.4 Å². The molecular formula is C31H37N5O3. The zero-order valence-corrected chi connectivity index (χ0v) is 22.9. The highest BCUT2D eigenvalue weighted by atomic mass is 16.2. The monoisotopic (exact) mass is 527 g/mol. The molecule has 3 amide bonds. The summed E-state index contributed by atoms with van der Waals surface area (Å²) in [5.41, 5.74) is 6.68. The first-order chi connectivity index (χ1) is 18.8. The maximum Gasteiger partial charge on any atom is 0.261 e. The molecule has 204 valence electrons. The predicted molar refractivity (Wildman–Crippen MR) is 153 cm³/mol. The standard InChI is InChI=1S/C31H37N5O3/c1-21(2)28(33-29(37)22(3)32-4)31(39)35-20-24-14-12-11-13-23(24)19-27(35)30(38)34-36(25-15-7-5-8-16-25)26-17-9-6-10-18-26/h5-18,21-22,27-28,32H,19-20H2,1-4H3,(H,33,37)(H,34,38). The number of carbonyl (C=O) groups is 3. The van der Waals surface area contributed by atoms with Crippen molar-refractivity contribution in [3.8, 4) is 0 Å². The number of amides is 3. The van der Waals surface area contributed by atoms with Gasteiger partial charge in [-0.1, -0.05) is 74.5 Å². The first-order valence-electron chi connectivity index (χ1n) is 13.4. The molecule has 3 N–H and O–H groups in total. The van der Waals surface area contributed by atoms with Gasteiger partial charge in [-0.15, -0.1) is 0 Å². The van der Waals surface area contributed by atoms with Gasteiger partial charge < -0.3 is 15.5 Å². The van der Waals surface area contributed by atoms with E-state index >= 15 is 0 Å². The van der Waals surface area contributed by atoms with Gasteiger partial charge in [0.1, 0.15) is 12.1 Å². The lowest BCUT2D eigenvalue weighted by Gasteiger charge is -2.40.